The summed E-state index contributed by atoms with van der Waals surface area (Å²) >= 11 is 6.90. The van der Waals surface area contributed by atoms with Gasteiger partial charge in [-0.15, -0.1) is 0 Å². The Kier molecular flexibility index (Phi) is 13.6. The molecule has 1 N–H and O–H groups in total. The van der Waals surface area contributed by atoms with E-state index in [1.807, 2.05) is 43.3 Å². The number of pyridine rings is 1. The Labute approximate surface area is 255 Å². The quantitative estimate of drug-likeness (QED) is 0.113. The number of nitriles is 1. The summed E-state index contributed by atoms with van der Waals surface area (Å²) in [6.07, 6.45) is 14.9. The molecule has 1 amide bonds. The summed E-state index contributed by atoms with van der Waals surface area (Å²) in [6, 6.07) is 12.0. The lowest BCUT2D eigenvalue weighted by molar-refractivity contribution is -0.122. The summed E-state index contributed by atoms with van der Waals surface area (Å²) < 4.78 is 2.20. The highest BCUT2D eigenvalue weighted by molar-refractivity contribution is 8.26. The number of nitrogens with one attached hydrogen (secondary N) is 1. The van der Waals surface area contributed by atoms with Crippen molar-refractivity contribution in [2.45, 2.75) is 104 Å². The van der Waals surface area contributed by atoms with Crippen LogP contribution < -0.4 is 10.9 Å². The molecule has 0 aliphatic carbocycles. The lowest BCUT2D eigenvalue weighted by atomic mass is 10.0. The number of nitrogens with zero attached hydrogens (tertiary/aromatic N) is 3. The number of amides is 1. The highest BCUT2D eigenvalue weighted by Crippen LogP contribution is 2.35. The monoisotopic (exact) mass is 592 g/mol. The SMILES string of the molecule is CCCCCCCCCCCCN1C(=O)/C(=C\c2c(C)c(C#N)c(=O)n(CCC)c2NCc2ccccc2)SC1=S. The van der Waals surface area contributed by atoms with E-state index in [9.17, 15) is 14.9 Å². The second-order valence-corrected chi connectivity index (χ2v) is 12.4. The molecule has 1 aromatic carbocycles. The van der Waals surface area contributed by atoms with Crippen LogP contribution in [0, 0.1) is 18.3 Å². The molecule has 3 rings (SSSR count). The number of unbranched alkanes of at least 4 members (excludes halogenated alkanes) is 9. The van der Waals surface area contributed by atoms with Gasteiger partial charge >= 0.3 is 0 Å². The molecule has 0 radical (unpaired) electrons. The van der Waals surface area contributed by atoms with Crippen molar-refractivity contribution in [2.24, 2.45) is 0 Å². The maximum absolute atomic E-state index is 13.4. The van der Waals surface area contributed by atoms with Crippen molar-refractivity contribution in [1.82, 2.24) is 9.47 Å². The fourth-order valence-corrected chi connectivity index (χ4v) is 6.44. The van der Waals surface area contributed by atoms with Crippen LogP contribution in [0.5, 0.6) is 0 Å². The normalized spacial score (nSPS) is 14.2. The molecule has 2 aromatic rings. The molecule has 0 unspecified atom stereocenters. The van der Waals surface area contributed by atoms with Crippen molar-refractivity contribution >= 4 is 46.1 Å². The van der Waals surface area contributed by atoms with Crippen molar-refractivity contribution in [2.75, 3.05) is 11.9 Å². The first kappa shape index (κ1) is 32.6. The fraction of sp³-hybridized carbons (Fsp3) is 0.515. The van der Waals surface area contributed by atoms with Crippen molar-refractivity contribution in [3.05, 3.63) is 67.8 Å². The molecule has 41 heavy (non-hydrogen) atoms. The highest BCUT2D eigenvalue weighted by atomic mass is 32.2. The highest BCUT2D eigenvalue weighted by Gasteiger charge is 2.32. The van der Waals surface area contributed by atoms with Gasteiger partial charge in [-0.1, -0.05) is 126 Å². The zero-order valence-electron chi connectivity index (χ0n) is 24.8. The van der Waals surface area contributed by atoms with E-state index in [0.29, 0.717) is 45.8 Å². The number of carbonyl (C=O) groups excluding carboxylic acids is 1. The van der Waals surface area contributed by atoms with Crippen LogP contribution in [0.25, 0.3) is 6.08 Å². The first-order valence-electron chi connectivity index (χ1n) is 15.1. The van der Waals surface area contributed by atoms with Gasteiger partial charge in [-0.2, -0.15) is 5.26 Å². The Bertz CT molecular complexity index is 1310. The molecule has 1 aliphatic heterocycles. The Morgan fingerprint density at radius 1 is 0.927 bits per heavy atom. The molecule has 1 fully saturated rings. The average Bonchev–Trinajstić information content (AvgIpc) is 3.24. The molecule has 8 heteroatoms. The Hall–Kier alpha value is -2.89. The molecule has 0 bridgehead atoms. The molecular formula is C33H44N4O2S2. The van der Waals surface area contributed by atoms with E-state index in [1.165, 1.54) is 63.1 Å². The van der Waals surface area contributed by atoms with Gasteiger partial charge in [0.2, 0.25) is 0 Å². The summed E-state index contributed by atoms with van der Waals surface area (Å²) in [5.41, 5.74) is 2.12. The van der Waals surface area contributed by atoms with Gasteiger partial charge in [-0.05, 0) is 37.0 Å². The first-order valence-corrected chi connectivity index (χ1v) is 16.4. The van der Waals surface area contributed by atoms with E-state index in [-0.39, 0.29) is 17.0 Å². The summed E-state index contributed by atoms with van der Waals surface area (Å²) in [5, 5.41) is 13.3. The maximum Gasteiger partial charge on any atom is 0.270 e. The van der Waals surface area contributed by atoms with Crippen molar-refractivity contribution in [3.63, 3.8) is 0 Å². The number of anilines is 1. The number of thioether (sulfide) groups is 1. The lowest BCUT2D eigenvalue weighted by Crippen LogP contribution is -2.29. The van der Waals surface area contributed by atoms with Gasteiger partial charge in [0, 0.05) is 25.2 Å². The Balaban J connectivity index is 1.75. The number of benzene rings is 1. The van der Waals surface area contributed by atoms with Gasteiger partial charge < -0.3 is 5.32 Å². The lowest BCUT2D eigenvalue weighted by Gasteiger charge is -2.20. The van der Waals surface area contributed by atoms with Crippen LogP contribution in [0.1, 0.15) is 107 Å². The van der Waals surface area contributed by atoms with Crippen molar-refractivity contribution in [1.29, 1.82) is 5.26 Å². The molecular weight excluding hydrogens is 549 g/mol. The van der Waals surface area contributed by atoms with Gasteiger partial charge in [0.05, 0.1) is 4.91 Å². The van der Waals surface area contributed by atoms with Crippen LogP contribution in [-0.4, -0.2) is 26.2 Å². The predicted molar refractivity (Wildman–Crippen MR) is 176 cm³/mol. The molecule has 0 saturated carbocycles. The van der Waals surface area contributed by atoms with Gasteiger partial charge in [0.1, 0.15) is 21.8 Å². The topological polar surface area (TPSA) is 78.1 Å². The number of hydrogen-bond acceptors (Lipinski definition) is 6. The summed E-state index contributed by atoms with van der Waals surface area (Å²) in [7, 11) is 0. The van der Waals surface area contributed by atoms with Crippen molar-refractivity contribution in [3.8, 4) is 6.07 Å². The minimum atomic E-state index is -0.312. The van der Waals surface area contributed by atoms with Gasteiger partial charge in [0.25, 0.3) is 11.5 Å². The second kappa shape index (κ2) is 17.2. The van der Waals surface area contributed by atoms with E-state index in [1.54, 1.807) is 16.4 Å². The van der Waals surface area contributed by atoms with Crippen LogP contribution in [0.3, 0.4) is 0 Å². The van der Waals surface area contributed by atoms with E-state index >= 15 is 0 Å². The molecule has 2 heterocycles. The first-order chi connectivity index (χ1) is 19.9. The molecule has 0 spiro atoms. The molecule has 220 valence electrons. The molecule has 1 aromatic heterocycles. The largest absolute Gasteiger partial charge is 0.367 e. The standard InChI is InChI=1S/C33H44N4O2S2/c1-4-6-7-8-9-10-11-12-13-17-21-37-32(39)29(41-33(37)40)22-27-25(3)28(23-34)31(38)36(20-5-2)30(27)35-24-26-18-15-14-16-19-26/h14-16,18-19,22,35H,4-13,17,20-21,24H2,1-3H3/b29-22+. The predicted octanol–water partition coefficient (Wildman–Crippen LogP) is 8.17. The van der Waals surface area contributed by atoms with E-state index in [2.05, 4.69) is 18.3 Å². The van der Waals surface area contributed by atoms with Crippen LogP contribution in [0.2, 0.25) is 0 Å². The Morgan fingerprint density at radius 3 is 2.17 bits per heavy atom. The van der Waals surface area contributed by atoms with Gasteiger partial charge in [-0.25, -0.2) is 0 Å². The summed E-state index contributed by atoms with van der Waals surface area (Å²) in [4.78, 5) is 28.9. The van der Waals surface area contributed by atoms with Crippen LogP contribution in [0.15, 0.2) is 40.0 Å². The maximum atomic E-state index is 13.4. The van der Waals surface area contributed by atoms with Crippen molar-refractivity contribution < 1.29 is 4.79 Å². The minimum absolute atomic E-state index is 0.101. The zero-order valence-corrected chi connectivity index (χ0v) is 26.5. The number of hydrogen-bond donors (Lipinski definition) is 1. The summed E-state index contributed by atoms with van der Waals surface area (Å²) in [5.74, 6) is 0.522. The van der Waals surface area contributed by atoms with E-state index < -0.39 is 0 Å². The molecule has 0 atom stereocenters. The number of thiocarbonyl (C=S) groups is 1. The third kappa shape index (κ3) is 9.05. The number of rotatable bonds is 17. The molecule has 6 nitrogen and oxygen atoms in total. The number of carbonyl (C=O) groups is 1. The average molecular weight is 593 g/mol. The fourth-order valence-electron chi connectivity index (χ4n) is 5.15. The van der Waals surface area contributed by atoms with E-state index in [0.717, 1.165) is 24.8 Å². The minimum Gasteiger partial charge on any atom is -0.367 e. The second-order valence-electron chi connectivity index (χ2n) is 10.7. The molecule has 1 aliphatic rings. The Morgan fingerprint density at radius 2 is 1.56 bits per heavy atom. The van der Waals surface area contributed by atoms with E-state index in [4.69, 9.17) is 12.2 Å². The number of aromatic nitrogens is 1. The zero-order chi connectivity index (χ0) is 29.6. The van der Waals surface area contributed by atoms with Crippen LogP contribution in [-0.2, 0) is 17.9 Å². The van der Waals surface area contributed by atoms with Crippen LogP contribution >= 0.6 is 24.0 Å². The molecule has 1 saturated heterocycles. The van der Waals surface area contributed by atoms with Gasteiger partial charge in [0.15, 0.2) is 0 Å². The van der Waals surface area contributed by atoms with Crippen LogP contribution in [0.4, 0.5) is 5.82 Å². The third-order valence-corrected chi connectivity index (χ3v) is 8.89. The third-order valence-electron chi connectivity index (χ3n) is 7.51. The summed E-state index contributed by atoms with van der Waals surface area (Å²) in [6.45, 7) is 7.61. The smallest absolute Gasteiger partial charge is 0.270 e. The van der Waals surface area contributed by atoms with Gasteiger partial charge in [-0.3, -0.25) is 19.1 Å².